The number of anilines is 1. The van der Waals surface area contributed by atoms with E-state index in [1.807, 2.05) is 0 Å². The molecule has 0 bridgehead atoms. The summed E-state index contributed by atoms with van der Waals surface area (Å²) < 4.78 is 22.0. The summed E-state index contributed by atoms with van der Waals surface area (Å²) >= 11 is 5.78. The molecule has 2 N–H and O–H groups in total. The van der Waals surface area contributed by atoms with Gasteiger partial charge in [-0.05, 0) is 18.8 Å². The van der Waals surface area contributed by atoms with Crippen LogP contribution in [-0.2, 0) is 10.0 Å². The molecular weight excluding hydrogens is 276 g/mol. The summed E-state index contributed by atoms with van der Waals surface area (Å²) in [5, 5.41) is 5.41. The molecule has 2 heterocycles. The van der Waals surface area contributed by atoms with Crippen LogP contribution >= 0.6 is 11.6 Å². The van der Waals surface area contributed by atoms with Gasteiger partial charge in [0.15, 0.2) is 0 Å². The van der Waals surface area contributed by atoms with Crippen LogP contribution in [0.25, 0.3) is 0 Å². The summed E-state index contributed by atoms with van der Waals surface area (Å²) in [6, 6.07) is 0. The molecular formula is C10H15ClN4O2S. The third-order valence-electron chi connectivity index (χ3n) is 3.00. The molecule has 0 atom stereocenters. The van der Waals surface area contributed by atoms with Crippen LogP contribution in [0.2, 0.25) is 5.15 Å². The maximum atomic E-state index is 11.0. The summed E-state index contributed by atoms with van der Waals surface area (Å²) in [4.78, 5) is 10.2. The van der Waals surface area contributed by atoms with Gasteiger partial charge in [0.25, 0.3) is 0 Å². The van der Waals surface area contributed by atoms with E-state index in [9.17, 15) is 8.42 Å². The summed E-state index contributed by atoms with van der Waals surface area (Å²) in [7, 11) is -3.38. The van der Waals surface area contributed by atoms with Gasteiger partial charge in [-0.1, -0.05) is 11.6 Å². The Hall–Kier alpha value is -0.920. The smallest absolute Gasteiger partial charge is 0.209 e. The standard InChI is InChI=1S/C10H15ClN4O2S/c11-9-5-13-6-10(14-9)15-3-1-8(2-4-15)7-18(12,16)17/h5-6,8H,1-4,7H2,(H2,12,16,17). The molecule has 0 unspecified atom stereocenters. The quantitative estimate of drug-likeness (QED) is 0.882. The summed E-state index contributed by atoms with van der Waals surface area (Å²) in [5.41, 5.74) is 0. The molecule has 100 valence electrons. The molecule has 1 fully saturated rings. The van der Waals surface area contributed by atoms with Crippen molar-refractivity contribution in [2.75, 3.05) is 23.7 Å². The van der Waals surface area contributed by atoms with E-state index in [-0.39, 0.29) is 11.7 Å². The minimum atomic E-state index is -3.38. The van der Waals surface area contributed by atoms with Crippen molar-refractivity contribution in [3.8, 4) is 0 Å². The van der Waals surface area contributed by atoms with Gasteiger partial charge < -0.3 is 4.90 Å². The number of sulfonamides is 1. The van der Waals surface area contributed by atoms with E-state index in [4.69, 9.17) is 16.7 Å². The first-order valence-corrected chi connectivity index (χ1v) is 7.76. The molecule has 2 rings (SSSR count). The van der Waals surface area contributed by atoms with Gasteiger partial charge in [-0.2, -0.15) is 0 Å². The fourth-order valence-electron chi connectivity index (χ4n) is 2.14. The lowest BCUT2D eigenvalue weighted by molar-refractivity contribution is 0.434. The predicted molar refractivity (Wildman–Crippen MR) is 70.0 cm³/mol. The van der Waals surface area contributed by atoms with Crippen molar-refractivity contribution in [2.45, 2.75) is 12.8 Å². The van der Waals surface area contributed by atoms with Gasteiger partial charge in [0.1, 0.15) is 11.0 Å². The second kappa shape index (κ2) is 5.38. The van der Waals surface area contributed by atoms with E-state index in [0.29, 0.717) is 5.15 Å². The molecule has 0 saturated carbocycles. The lowest BCUT2D eigenvalue weighted by atomic mass is 9.99. The summed E-state index contributed by atoms with van der Waals surface area (Å²) in [5.74, 6) is 0.919. The maximum absolute atomic E-state index is 11.0. The van der Waals surface area contributed by atoms with Crippen molar-refractivity contribution in [1.82, 2.24) is 9.97 Å². The fourth-order valence-corrected chi connectivity index (χ4v) is 3.28. The fraction of sp³-hybridized carbons (Fsp3) is 0.600. The lowest BCUT2D eigenvalue weighted by Crippen LogP contribution is -2.37. The highest BCUT2D eigenvalue weighted by molar-refractivity contribution is 7.89. The number of hydrogen-bond donors (Lipinski definition) is 1. The molecule has 18 heavy (non-hydrogen) atoms. The Labute approximate surface area is 111 Å². The molecule has 6 nitrogen and oxygen atoms in total. The van der Waals surface area contributed by atoms with E-state index in [1.54, 1.807) is 6.20 Å². The topological polar surface area (TPSA) is 89.2 Å². The first-order chi connectivity index (χ1) is 8.44. The molecule has 0 aliphatic carbocycles. The third-order valence-corrected chi connectivity index (χ3v) is 4.12. The predicted octanol–water partition coefficient (Wildman–Crippen LogP) is 0.635. The first-order valence-electron chi connectivity index (χ1n) is 5.67. The zero-order chi connectivity index (χ0) is 13.2. The van der Waals surface area contributed by atoms with Gasteiger partial charge in [-0.15, -0.1) is 0 Å². The third kappa shape index (κ3) is 3.79. The molecule has 1 aliphatic heterocycles. The molecule has 0 amide bonds. The van der Waals surface area contributed by atoms with E-state index in [0.717, 1.165) is 31.7 Å². The average Bonchev–Trinajstić information content (AvgIpc) is 2.28. The highest BCUT2D eigenvalue weighted by Gasteiger charge is 2.23. The van der Waals surface area contributed by atoms with Crippen molar-refractivity contribution in [2.24, 2.45) is 11.1 Å². The number of rotatable bonds is 3. The van der Waals surface area contributed by atoms with Crippen molar-refractivity contribution in [3.05, 3.63) is 17.5 Å². The van der Waals surface area contributed by atoms with Crippen molar-refractivity contribution in [3.63, 3.8) is 0 Å². The van der Waals surface area contributed by atoms with Crippen molar-refractivity contribution < 1.29 is 8.42 Å². The van der Waals surface area contributed by atoms with Crippen LogP contribution in [0.5, 0.6) is 0 Å². The lowest BCUT2D eigenvalue weighted by Gasteiger charge is -2.32. The molecule has 1 aliphatic rings. The zero-order valence-corrected chi connectivity index (χ0v) is 11.4. The zero-order valence-electron chi connectivity index (χ0n) is 9.79. The molecule has 0 aromatic carbocycles. The van der Waals surface area contributed by atoms with Crippen LogP contribution in [-0.4, -0.2) is 37.2 Å². The number of piperidine rings is 1. The number of primary sulfonamides is 1. The molecule has 8 heteroatoms. The second-order valence-corrected chi connectivity index (χ2v) is 6.51. The monoisotopic (exact) mass is 290 g/mol. The summed E-state index contributed by atoms with van der Waals surface area (Å²) in [6.45, 7) is 1.49. The van der Waals surface area contributed by atoms with Gasteiger partial charge >= 0.3 is 0 Å². The van der Waals surface area contributed by atoms with Crippen LogP contribution in [0.3, 0.4) is 0 Å². The average molecular weight is 291 g/mol. The maximum Gasteiger partial charge on any atom is 0.209 e. The van der Waals surface area contributed by atoms with Crippen LogP contribution in [0.15, 0.2) is 12.4 Å². The highest BCUT2D eigenvalue weighted by Crippen LogP contribution is 2.22. The Morgan fingerprint density at radius 1 is 1.39 bits per heavy atom. The molecule has 1 aromatic heterocycles. The number of aromatic nitrogens is 2. The number of halogens is 1. The van der Waals surface area contributed by atoms with E-state index >= 15 is 0 Å². The Bertz CT molecular complexity index is 514. The van der Waals surface area contributed by atoms with Crippen molar-refractivity contribution >= 4 is 27.4 Å². The minimum Gasteiger partial charge on any atom is -0.355 e. The Kier molecular flexibility index (Phi) is 4.04. The van der Waals surface area contributed by atoms with Gasteiger partial charge in [0.05, 0.1) is 18.1 Å². The molecule has 0 spiro atoms. The largest absolute Gasteiger partial charge is 0.355 e. The normalized spacial score (nSPS) is 18.0. The highest BCUT2D eigenvalue weighted by atomic mass is 35.5. The Balaban J connectivity index is 1.94. The van der Waals surface area contributed by atoms with E-state index < -0.39 is 10.0 Å². The Morgan fingerprint density at radius 3 is 2.61 bits per heavy atom. The Morgan fingerprint density at radius 2 is 2.06 bits per heavy atom. The van der Waals surface area contributed by atoms with E-state index in [2.05, 4.69) is 14.9 Å². The second-order valence-electron chi connectivity index (χ2n) is 4.46. The minimum absolute atomic E-state index is 0.0576. The number of hydrogen-bond acceptors (Lipinski definition) is 5. The summed E-state index contributed by atoms with van der Waals surface area (Å²) in [6.07, 6.45) is 4.71. The molecule has 1 saturated heterocycles. The van der Waals surface area contributed by atoms with Gasteiger partial charge in [-0.3, -0.25) is 4.98 Å². The van der Waals surface area contributed by atoms with Crippen molar-refractivity contribution in [1.29, 1.82) is 0 Å². The van der Waals surface area contributed by atoms with E-state index in [1.165, 1.54) is 6.20 Å². The number of nitrogens with two attached hydrogens (primary N) is 1. The SMILES string of the molecule is NS(=O)(=O)CC1CCN(c2cncc(Cl)n2)CC1. The molecule has 0 radical (unpaired) electrons. The van der Waals surface area contributed by atoms with Gasteiger partial charge in [-0.25, -0.2) is 18.5 Å². The number of nitrogens with zero attached hydrogens (tertiary/aromatic N) is 3. The van der Waals surface area contributed by atoms with Gasteiger partial charge in [0, 0.05) is 13.1 Å². The van der Waals surface area contributed by atoms with Crippen LogP contribution in [0, 0.1) is 5.92 Å². The van der Waals surface area contributed by atoms with Crippen LogP contribution < -0.4 is 10.0 Å². The van der Waals surface area contributed by atoms with Crippen LogP contribution in [0.4, 0.5) is 5.82 Å². The molecule has 1 aromatic rings. The van der Waals surface area contributed by atoms with Gasteiger partial charge in [0.2, 0.25) is 10.0 Å². The van der Waals surface area contributed by atoms with Crippen LogP contribution in [0.1, 0.15) is 12.8 Å². The first kappa shape index (κ1) is 13.5.